The molecule has 2 aromatic carbocycles. The third kappa shape index (κ3) is 3.16. The zero-order valence-corrected chi connectivity index (χ0v) is 21.5. The average molecular weight is 548 g/mol. The van der Waals surface area contributed by atoms with Crippen LogP contribution in [0.15, 0.2) is 6.07 Å². The van der Waals surface area contributed by atoms with E-state index in [2.05, 4.69) is 0 Å². The number of phenolic OH excluding ortho intramolecular Hbond substituents is 3. The van der Waals surface area contributed by atoms with Crippen molar-refractivity contribution in [2.75, 3.05) is 6.61 Å². The molecule has 9 N–H and O–H groups in total. The van der Waals surface area contributed by atoms with E-state index in [-0.39, 0.29) is 5.56 Å². The normalized spacial score (nSPS) is 32.1. The molecule has 1 saturated heterocycles. The Bertz CT molecular complexity index is 1480. The number of phenols is 4. The van der Waals surface area contributed by atoms with Crippen molar-refractivity contribution >= 4 is 17.5 Å². The second kappa shape index (κ2) is 8.13. The number of benzene rings is 2. The minimum Gasteiger partial charge on any atom is -0.507 e. The molecule has 2 aliphatic rings. The molecule has 0 bridgehead atoms. The molecule has 39 heavy (non-hydrogen) atoms. The van der Waals surface area contributed by atoms with Crippen LogP contribution in [0.3, 0.4) is 0 Å². The lowest BCUT2D eigenvalue weighted by molar-refractivity contribution is -0.378. The molecule has 5 atom stereocenters. The van der Waals surface area contributed by atoms with Crippen molar-refractivity contribution in [1.29, 1.82) is 0 Å². The van der Waals surface area contributed by atoms with Gasteiger partial charge in [0.2, 0.25) is 0 Å². The number of fused-ring (bicyclic) bond motifs is 2. The number of ether oxygens (including phenoxy) is 1. The molecule has 0 radical (unpaired) electrons. The van der Waals surface area contributed by atoms with Gasteiger partial charge in [-0.1, -0.05) is 0 Å². The highest BCUT2D eigenvalue weighted by Crippen LogP contribution is 2.60. The van der Waals surface area contributed by atoms with Gasteiger partial charge in [0.15, 0.2) is 23.1 Å². The summed E-state index contributed by atoms with van der Waals surface area (Å²) in [4.78, 5) is 38.7. The van der Waals surface area contributed by atoms with Crippen LogP contribution in [0.25, 0.3) is 0 Å². The van der Waals surface area contributed by atoms with Gasteiger partial charge in [-0.2, -0.15) is 0 Å². The van der Waals surface area contributed by atoms with E-state index in [1.807, 2.05) is 0 Å². The van der Waals surface area contributed by atoms with Gasteiger partial charge >= 0.3 is 5.97 Å². The van der Waals surface area contributed by atoms with Crippen LogP contribution in [0.1, 0.15) is 81.0 Å². The molecule has 210 valence electrons. The van der Waals surface area contributed by atoms with Crippen molar-refractivity contribution in [2.45, 2.75) is 63.1 Å². The lowest BCUT2D eigenvalue weighted by Gasteiger charge is -2.62. The number of rotatable bonds is 3. The summed E-state index contributed by atoms with van der Waals surface area (Å²) in [6.07, 6.45) is -1.64. The SMILES string of the molecule is Cc1c(C(=O)O)c(O)cc2c1C(=O)c1c(O)c([C@@]3(C)OC(CO)[C@@](C)(O)[C@@](C)(O)C3(C)O)c(O)c(O)c1C2=O. The number of aliphatic hydroxyl groups excluding tert-OH is 1. The van der Waals surface area contributed by atoms with Crippen LogP contribution < -0.4 is 0 Å². The number of hydrogen-bond donors (Lipinski definition) is 9. The Morgan fingerprint density at radius 1 is 0.872 bits per heavy atom. The maximum absolute atomic E-state index is 13.7. The van der Waals surface area contributed by atoms with Crippen LogP contribution >= 0.6 is 0 Å². The molecule has 1 aliphatic heterocycles. The quantitative estimate of drug-likeness (QED) is 0.156. The smallest absolute Gasteiger partial charge is 0.339 e. The van der Waals surface area contributed by atoms with Gasteiger partial charge in [0.1, 0.15) is 45.6 Å². The Balaban J connectivity index is 2.10. The first-order valence-electron chi connectivity index (χ1n) is 11.7. The predicted octanol–water partition coefficient (Wildman–Crippen LogP) is 0.150. The number of aromatic hydroxyl groups is 4. The number of carboxylic acid groups (broad SMARTS) is 1. The van der Waals surface area contributed by atoms with Crippen molar-refractivity contribution in [2.24, 2.45) is 0 Å². The van der Waals surface area contributed by atoms with E-state index in [1.165, 1.54) is 0 Å². The summed E-state index contributed by atoms with van der Waals surface area (Å²) in [5.41, 5.74) is -14.5. The molecule has 0 amide bonds. The zero-order valence-electron chi connectivity index (χ0n) is 21.5. The summed E-state index contributed by atoms with van der Waals surface area (Å²) in [7, 11) is 0. The topological polar surface area (TPSA) is 243 Å². The average Bonchev–Trinajstić information content (AvgIpc) is 2.81. The highest BCUT2D eigenvalue weighted by molar-refractivity contribution is 6.31. The van der Waals surface area contributed by atoms with Gasteiger partial charge in [-0.3, -0.25) is 9.59 Å². The summed E-state index contributed by atoms with van der Waals surface area (Å²) in [5, 5.41) is 96.6. The van der Waals surface area contributed by atoms with E-state index in [4.69, 9.17) is 4.74 Å². The van der Waals surface area contributed by atoms with Gasteiger partial charge in [0.25, 0.3) is 0 Å². The van der Waals surface area contributed by atoms with Crippen molar-refractivity contribution in [3.8, 4) is 23.0 Å². The van der Waals surface area contributed by atoms with E-state index < -0.39 is 109 Å². The Morgan fingerprint density at radius 2 is 1.41 bits per heavy atom. The van der Waals surface area contributed by atoms with Crippen LogP contribution in [0.2, 0.25) is 0 Å². The second-order valence-corrected chi connectivity index (χ2v) is 10.6. The maximum Gasteiger partial charge on any atom is 0.339 e. The molecule has 0 spiro atoms. The number of carboxylic acids is 1. The summed E-state index contributed by atoms with van der Waals surface area (Å²) in [5.74, 6) is -8.36. The fourth-order valence-corrected chi connectivity index (χ4v) is 5.71. The molecule has 4 rings (SSSR count). The monoisotopic (exact) mass is 548 g/mol. The highest BCUT2D eigenvalue weighted by Gasteiger charge is 2.71. The first-order chi connectivity index (χ1) is 17.7. The van der Waals surface area contributed by atoms with Crippen molar-refractivity contribution in [3.63, 3.8) is 0 Å². The number of carbonyl (C=O) groups excluding carboxylic acids is 2. The zero-order chi connectivity index (χ0) is 29.8. The standard InChI is InChI=1S/C26H28O13/c1-8-12-9(6-10(28)13(8)22(34)35)17(29)14-15(18(12)30)19(31)16(21(33)20(14)32)24(3)26(5,38)25(4,37)23(2,36)11(7-27)39-24/h6,11,27-28,31-33,36-38H,7H2,1-5H3,(H,34,35)/t11?,23-,24-,25-,26?/m1/s1. The fraction of sp³-hybridized carbons (Fsp3) is 0.423. The fourth-order valence-electron chi connectivity index (χ4n) is 5.71. The molecule has 1 aliphatic carbocycles. The van der Waals surface area contributed by atoms with Crippen molar-refractivity contribution in [1.82, 2.24) is 0 Å². The predicted molar refractivity (Wildman–Crippen MR) is 129 cm³/mol. The van der Waals surface area contributed by atoms with E-state index in [9.17, 15) is 60.3 Å². The summed E-state index contributed by atoms with van der Waals surface area (Å²) >= 11 is 0. The Morgan fingerprint density at radius 3 is 1.92 bits per heavy atom. The van der Waals surface area contributed by atoms with Crippen molar-refractivity contribution in [3.05, 3.63) is 45.0 Å². The molecule has 0 saturated carbocycles. The molecular formula is C26H28O13. The van der Waals surface area contributed by atoms with E-state index >= 15 is 0 Å². The van der Waals surface area contributed by atoms with Crippen LogP contribution in [-0.2, 0) is 10.3 Å². The minimum atomic E-state index is -2.62. The molecule has 0 aromatic heterocycles. The lowest BCUT2D eigenvalue weighted by Crippen LogP contribution is -2.79. The Labute approximate surface area is 220 Å². The van der Waals surface area contributed by atoms with Crippen LogP contribution in [0, 0.1) is 6.92 Å². The van der Waals surface area contributed by atoms with Gasteiger partial charge in [-0.25, -0.2) is 4.79 Å². The molecular weight excluding hydrogens is 520 g/mol. The molecule has 13 nitrogen and oxygen atoms in total. The molecule has 1 fully saturated rings. The van der Waals surface area contributed by atoms with Gasteiger partial charge in [-0.15, -0.1) is 0 Å². The van der Waals surface area contributed by atoms with Gasteiger partial charge in [-0.05, 0) is 46.2 Å². The number of aliphatic hydroxyl groups is 4. The maximum atomic E-state index is 13.7. The lowest BCUT2D eigenvalue weighted by atomic mass is 9.59. The summed E-state index contributed by atoms with van der Waals surface area (Å²) in [6, 6.07) is 0.720. The largest absolute Gasteiger partial charge is 0.507 e. The number of ketones is 2. The van der Waals surface area contributed by atoms with Gasteiger partial charge < -0.3 is 50.7 Å². The molecule has 2 aromatic rings. The number of carbonyl (C=O) groups is 3. The summed E-state index contributed by atoms with van der Waals surface area (Å²) < 4.78 is 5.76. The van der Waals surface area contributed by atoms with E-state index in [0.29, 0.717) is 0 Å². The van der Waals surface area contributed by atoms with Crippen molar-refractivity contribution < 1.29 is 65.1 Å². The third-order valence-electron chi connectivity index (χ3n) is 8.63. The minimum absolute atomic E-state index is 0.318. The second-order valence-electron chi connectivity index (χ2n) is 10.6. The van der Waals surface area contributed by atoms with Crippen LogP contribution in [-0.4, -0.2) is 93.0 Å². The van der Waals surface area contributed by atoms with Crippen LogP contribution in [0.4, 0.5) is 0 Å². The van der Waals surface area contributed by atoms with E-state index in [0.717, 1.165) is 40.7 Å². The summed E-state index contributed by atoms with van der Waals surface area (Å²) in [6.45, 7) is 4.35. The Hall–Kier alpha value is -3.75. The number of hydrogen-bond acceptors (Lipinski definition) is 12. The molecule has 13 heteroatoms. The highest BCUT2D eigenvalue weighted by atomic mass is 16.6. The molecule has 2 unspecified atom stereocenters. The van der Waals surface area contributed by atoms with Crippen LogP contribution in [0.5, 0.6) is 23.0 Å². The molecule has 1 heterocycles. The Kier molecular flexibility index (Phi) is 5.89. The third-order valence-corrected chi connectivity index (χ3v) is 8.63. The number of aromatic carboxylic acids is 1. The van der Waals surface area contributed by atoms with Gasteiger partial charge in [0.05, 0.1) is 23.3 Å². The van der Waals surface area contributed by atoms with E-state index in [1.54, 1.807) is 0 Å². The first kappa shape index (κ1) is 28.3. The first-order valence-corrected chi connectivity index (χ1v) is 11.7. The van der Waals surface area contributed by atoms with Gasteiger partial charge in [0, 0.05) is 11.1 Å².